The van der Waals surface area contributed by atoms with Crippen LogP contribution in [0.2, 0.25) is 0 Å². The average Bonchev–Trinajstić information content (AvgIpc) is 3.07. The van der Waals surface area contributed by atoms with E-state index < -0.39 is 39.0 Å². The van der Waals surface area contributed by atoms with Crippen LogP contribution in [0.5, 0.6) is 0 Å². The maximum atomic E-state index is 10.8. The van der Waals surface area contributed by atoms with Gasteiger partial charge in [-0.25, -0.2) is 14.5 Å². The molecule has 3 heterocycles. The maximum Gasteiger partial charge on any atom is 0.469 e. The van der Waals surface area contributed by atoms with E-state index in [0.717, 1.165) is 10.4 Å². The number of thioether (sulfide) groups is 1. The Labute approximate surface area is 140 Å². The minimum atomic E-state index is -4.70. The molecule has 12 heteroatoms. The van der Waals surface area contributed by atoms with Crippen LogP contribution in [0.1, 0.15) is 6.23 Å². The first kappa shape index (κ1) is 17.8. The summed E-state index contributed by atoms with van der Waals surface area (Å²) in [6.45, 7) is -0.552. The van der Waals surface area contributed by atoms with E-state index in [9.17, 15) is 14.8 Å². The summed E-state index contributed by atoms with van der Waals surface area (Å²) in [5.41, 5.74) is 0.516. The molecule has 1 fully saturated rings. The summed E-state index contributed by atoms with van der Waals surface area (Å²) >= 11 is 1.44. The second-order valence-corrected chi connectivity index (χ2v) is 7.21. The van der Waals surface area contributed by atoms with Crippen molar-refractivity contribution >= 4 is 30.6 Å². The van der Waals surface area contributed by atoms with Crippen LogP contribution in [0, 0.1) is 0 Å². The zero-order chi connectivity index (χ0) is 17.5. The van der Waals surface area contributed by atoms with Crippen LogP contribution in [0.4, 0.5) is 0 Å². The molecule has 3 rings (SSSR count). The quantitative estimate of drug-likeness (QED) is 0.316. The maximum absolute atomic E-state index is 10.8. The van der Waals surface area contributed by atoms with Gasteiger partial charge in [-0.1, -0.05) is 0 Å². The van der Waals surface area contributed by atoms with Gasteiger partial charge >= 0.3 is 7.82 Å². The van der Waals surface area contributed by atoms with E-state index in [1.807, 2.05) is 6.26 Å². The molecule has 0 aliphatic carbocycles. The van der Waals surface area contributed by atoms with Crippen molar-refractivity contribution in [2.45, 2.75) is 29.6 Å². The van der Waals surface area contributed by atoms with Gasteiger partial charge in [0.15, 0.2) is 6.23 Å². The van der Waals surface area contributed by atoms with E-state index in [0.29, 0.717) is 5.65 Å². The summed E-state index contributed by atoms with van der Waals surface area (Å²) in [6, 6.07) is 1.77. The van der Waals surface area contributed by atoms with Gasteiger partial charge in [0.1, 0.15) is 35.3 Å². The second kappa shape index (κ2) is 6.70. The zero-order valence-electron chi connectivity index (χ0n) is 12.5. The van der Waals surface area contributed by atoms with Crippen molar-refractivity contribution in [3.05, 3.63) is 18.6 Å². The van der Waals surface area contributed by atoms with Crippen LogP contribution in [0.25, 0.3) is 11.0 Å². The Balaban J connectivity index is 1.86. The lowest BCUT2D eigenvalue weighted by Crippen LogP contribution is -2.33. The highest BCUT2D eigenvalue weighted by molar-refractivity contribution is 7.98. The van der Waals surface area contributed by atoms with Crippen LogP contribution in [0.3, 0.4) is 0 Å². The summed E-state index contributed by atoms with van der Waals surface area (Å²) in [5.74, 6) is 0. The number of rotatable bonds is 5. The topological polar surface area (TPSA) is 147 Å². The molecule has 4 atom stereocenters. The lowest BCUT2D eigenvalue weighted by Gasteiger charge is -2.17. The molecule has 1 aliphatic rings. The van der Waals surface area contributed by atoms with Crippen molar-refractivity contribution in [2.24, 2.45) is 0 Å². The fraction of sp³-hybridized carbons (Fsp3) is 0.500. The fourth-order valence-electron chi connectivity index (χ4n) is 2.58. The van der Waals surface area contributed by atoms with Crippen LogP contribution in [-0.4, -0.2) is 65.7 Å². The van der Waals surface area contributed by atoms with Crippen LogP contribution in [0.15, 0.2) is 23.6 Å². The number of hydrogen-bond acceptors (Lipinski definition) is 8. The first-order valence-electron chi connectivity index (χ1n) is 6.89. The highest BCUT2D eigenvalue weighted by atomic mass is 32.2. The Morgan fingerprint density at radius 3 is 2.79 bits per heavy atom. The smallest absolute Gasteiger partial charge is 0.387 e. The van der Waals surface area contributed by atoms with Gasteiger partial charge in [0, 0.05) is 6.20 Å². The van der Waals surface area contributed by atoms with E-state index >= 15 is 0 Å². The highest BCUT2D eigenvalue weighted by Crippen LogP contribution is 2.39. The molecule has 1 saturated heterocycles. The highest BCUT2D eigenvalue weighted by Gasteiger charge is 2.44. The summed E-state index contributed by atoms with van der Waals surface area (Å²) in [5, 5.41) is 21.8. The van der Waals surface area contributed by atoms with Gasteiger partial charge in [0.2, 0.25) is 0 Å². The van der Waals surface area contributed by atoms with Gasteiger partial charge in [0.25, 0.3) is 0 Å². The number of phosphoric ester groups is 1. The molecular formula is C12H16N3O7PS. The Morgan fingerprint density at radius 2 is 2.12 bits per heavy atom. The average molecular weight is 377 g/mol. The largest absolute Gasteiger partial charge is 0.469 e. The summed E-state index contributed by atoms with van der Waals surface area (Å²) < 4.78 is 22.2. The molecule has 0 aromatic carbocycles. The third-order valence-corrected chi connectivity index (χ3v) is 4.88. The number of fused-ring (bicyclic) bond motifs is 1. The molecule has 2 aromatic rings. The van der Waals surface area contributed by atoms with E-state index in [1.165, 1.54) is 18.1 Å². The number of phosphoric acid groups is 1. The molecule has 2 aromatic heterocycles. The lowest BCUT2D eigenvalue weighted by molar-refractivity contribution is -0.0501. The van der Waals surface area contributed by atoms with Crippen molar-refractivity contribution in [1.29, 1.82) is 0 Å². The third kappa shape index (κ3) is 3.35. The normalized spacial score (nSPS) is 27.9. The predicted molar refractivity (Wildman–Crippen MR) is 83.2 cm³/mol. The Bertz CT molecular complexity index is 781. The minimum Gasteiger partial charge on any atom is -0.387 e. The van der Waals surface area contributed by atoms with Crippen molar-refractivity contribution in [3.63, 3.8) is 0 Å². The number of aliphatic hydroxyl groups is 2. The number of aromatic nitrogens is 3. The standard InChI is InChI=1S/C12H16N3O7PS/c1-24-11-6-2-3-15(10(6)13-5-14-11)12-9(17)8(16)7(22-12)4-21-23(18,19)20/h2-3,5,7-9,12,16-17H,4H2,1H3,(H2,18,19,20)/t7-,8-,9+,12+/m1/s1. The molecule has 10 nitrogen and oxygen atoms in total. The van der Waals surface area contributed by atoms with E-state index in [1.54, 1.807) is 16.8 Å². The molecule has 0 bridgehead atoms. The Kier molecular flexibility index (Phi) is 4.96. The van der Waals surface area contributed by atoms with Crippen molar-refractivity contribution in [1.82, 2.24) is 14.5 Å². The molecular weight excluding hydrogens is 361 g/mol. The minimum absolute atomic E-state index is 0.516. The first-order chi connectivity index (χ1) is 11.3. The molecule has 0 unspecified atom stereocenters. The van der Waals surface area contributed by atoms with Gasteiger partial charge < -0.3 is 29.3 Å². The molecule has 132 valence electrons. The van der Waals surface area contributed by atoms with E-state index in [-0.39, 0.29) is 0 Å². The molecule has 0 radical (unpaired) electrons. The molecule has 1 aliphatic heterocycles. The predicted octanol–water partition coefficient (Wildman–Crippen LogP) is -0.118. The summed E-state index contributed by atoms with van der Waals surface area (Å²) in [4.78, 5) is 25.8. The molecule has 0 amide bonds. The van der Waals surface area contributed by atoms with Gasteiger partial charge in [-0.05, 0) is 12.3 Å². The second-order valence-electron chi connectivity index (χ2n) is 5.18. The number of aliphatic hydroxyl groups excluding tert-OH is 2. The van der Waals surface area contributed by atoms with Crippen LogP contribution in [-0.2, 0) is 13.8 Å². The van der Waals surface area contributed by atoms with E-state index in [4.69, 9.17) is 14.5 Å². The van der Waals surface area contributed by atoms with Gasteiger partial charge in [-0.15, -0.1) is 11.8 Å². The van der Waals surface area contributed by atoms with Crippen molar-refractivity contribution in [3.8, 4) is 0 Å². The van der Waals surface area contributed by atoms with Gasteiger partial charge in [-0.3, -0.25) is 4.52 Å². The van der Waals surface area contributed by atoms with Gasteiger partial charge in [-0.2, -0.15) is 0 Å². The Morgan fingerprint density at radius 1 is 1.38 bits per heavy atom. The number of hydrogen-bond donors (Lipinski definition) is 4. The van der Waals surface area contributed by atoms with Crippen LogP contribution < -0.4 is 0 Å². The monoisotopic (exact) mass is 377 g/mol. The first-order valence-corrected chi connectivity index (χ1v) is 9.64. The summed E-state index contributed by atoms with van der Waals surface area (Å²) in [7, 11) is -4.70. The van der Waals surface area contributed by atoms with Crippen molar-refractivity contribution < 1.29 is 33.8 Å². The molecule has 4 N–H and O–H groups in total. The van der Waals surface area contributed by atoms with Gasteiger partial charge in [0.05, 0.1) is 12.0 Å². The van der Waals surface area contributed by atoms with Crippen LogP contribution >= 0.6 is 19.6 Å². The molecule has 24 heavy (non-hydrogen) atoms. The third-order valence-electron chi connectivity index (χ3n) is 3.68. The fourth-order valence-corrected chi connectivity index (χ4v) is 3.46. The lowest BCUT2D eigenvalue weighted by atomic mass is 10.1. The SMILES string of the molecule is CSc1ncnc2c1ccn2[C@H]1O[C@H](COP(=O)(O)O)[C@@H](O)[C@@H]1O. The molecule has 0 saturated carbocycles. The number of nitrogens with zero attached hydrogens (tertiary/aromatic N) is 3. The van der Waals surface area contributed by atoms with Crippen molar-refractivity contribution in [2.75, 3.05) is 12.9 Å². The zero-order valence-corrected chi connectivity index (χ0v) is 14.2. The number of ether oxygens (including phenoxy) is 1. The Hall–Kier alpha value is -1.04. The summed E-state index contributed by atoms with van der Waals surface area (Å²) in [6.07, 6.45) is 0.186. The van der Waals surface area contributed by atoms with E-state index in [2.05, 4.69) is 14.5 Å². The molecule has 0 spiro atoms.